The molecule has 1 saturated heterocycles. The van der Waals surface area contributed by atoms with Crippen LogP contribution in [0.4, 0.5) is 11.4 Å². The maximum atomic E-state index is 12.6. The highest BCUT2D eigenvalue weighted by atomic mass is 32.2. The average molecular weight is 427 g/mol. The van der Waals surface area contributed by atoms with Gasteiger partial charge in [0.2, 0.25) is 10.0 Å². The Labute approximate surface area is 165 Å². The van der Waals surface area contributed by atoms with Gasteiger partial charge in [0.15, 0.2) is 11.5 Å². The summed E-state index contributed by atoms with van der Waals surface area (Å²) in [5, 5.41) is 0. The molecule has 0 amide bonds. The minimum Gasteiger partial charge on any atom is -0.493 e. The van der Waals surface area contributed by atoms with Crippen molar-refractivity contribution in [3.05, 3.63) is 42.5 Å². The smallest absolute Gasteiger partial charge is 0.262 e. The van der Waals surface area contributed by atoms with Crippen LogP contribution < -0.4 is 18.5 Å². The molecule has 28 heavy (non-hydrogen) atoms. The molecule has 0 bridgehead atoms. The number of nitrogens with zero attached hydrogens (tertiary/aromatic N) is 1. The third-order valence-corrected chi connectivity index (χ3v) is 7.67. The molecule has 1 aliphatic rings. The summed E-state index contributed by atoms with van der Waals surface area (Å²) in [4.78, 5) is 0.0211. The summed E-state index contributed by atoms with van der Waals surface area (Å²) in [5.74, 6) is 0.852. The molecule has 152 valence electrons. The Morgan fingerprint density at radius 3 is 2.25 bits per heavy atom. The summed E-state index contributed by atoms with van der Waals surface area (Å²) < 4.78 is 63.8. The number of rotatable bonds is 6. The minimum absolute atomic E-state index is 0.0211. The molecule has 0 radical (unpaired) electrons. The van der Waals surface area contributed by atoms with Gasteiger partial charge in [-0.05, 0) is 49.2 Å². The third-order valence-electron chi connectivity index (χ3n) is 4.42. The summed E-state index contributed by atoms with van der Waals surface area (Å²) in [6, 6.07) is 10.6. The first-order chi connectivity index (χ1) is 13.3. The Morgan fingerprint density at radius 2 is 1.64 bits per heavy atom. The lowest BCUT2D eigenvalue weighted by Gasteiger charge is -2.28. The molecule has 10 heteroatoms. The zero-order valence-electron chi connectivity index (χ0n) is 15.6. The Kier molecular flexibility index (Phi) is 5.71. The molecular weight excluding hydrogens is 404 g/mol. The van der Waals surface area contributed by atoms with Crippen LogP contribution >= 0.6 is 0 Å². The highest BCUT2D eigenvalue weighted by Crippen LogP contribution is 2.31. The van der Waals surface area contributed by atoms with E-state index in [-0.39, 0.29) is 10.6 Å². The van der Waals surface area contributed by atoms with Gasteiger partial charge < -0.3 is 9.47 Å². The van der Waals surface area contributed by atoms with E-state index < -0.39 is 20.0 Å². The molecule has 0 atom stereocenters. The van der Waals surface area contributed by atoms with E-state index in [4.69, 9.17) is 9.47 Å². The van der Waals surface area contributed by atoms with Gasteiger partial charge in [0.1, 0.15) is 0 Å². The number of ether oxygens (including phenoxy) is 2. The second-order valence-electron chi connectivity index (χ2n) is 6.26. The Hall–Kier alpha value is -2.46. The van der Waals surface area contributed by atoms with Gasteiger partial charge >= 0.3 is 0 Å². The van der Waals surface area contributed by atoms with Crippen molar-refractivity contribution in [3.63, 3.8) is 0 Å². The summed E-state index contributed by atoms with van der Waals surface area (Å²) in [5.41, 5.74) is 0.849. The van der Waals surface area contributed by atoms with Crippen LogP contribution in [0.3, 0.4) is 0 Å². The first kappa shape index (κ1) is 20.3. The zero-order valence-corrected chi connectivity index (χ0v) is 17.2. The van der Waals surface area contributed by atoms with Crippen molar-refractivity contribution in [2.75, 3.05) is 35.5 Å². The number of anilines is 2. The maximum absolute atomic E-state index is 12.6. The average Bonchev–Trinajstić information content (AvgIpc) is 2.67. The highest BCUT2D eigenvalue weighted by Gasteiger charge is 2.26. The normalized spacial score (nSPS) is 16.4. The van der Waals surface area contributed by atoms with E-state index in [9.17, 15) is 16.8 Å². The second kappa shape index (κ2) is 7.88. The van der Waals surface area contributed by atoms with E-state index >= 15 is 0 Å². The molecule has 3 rings (SSSR count). The van der Waals surface area contributed by atoms with Gasteiger partial charge in [0.25, 0.3) is 10.0 Å². The number of hydrogen-bond donors (Lipinski definition) is 1. The fourth-order valence-electron chi connectivity index (χ4n) is 2.97. The molecule has 0 unspecified atom stereocenters. The van der Waals surface area contributed by atoms with Crippen molar-refractivity contribution in [1.29, 1.82) is 0 Å². The molecule has 0 saturated carbocycles. The van der Waals surface area contributed by atoms with Crippen LogP contribution in [0.15, 0.2) is 47.4 Å². The maximum Gasteiger partial charge on any atom is 0.262 e. The Morgan fingerprint density at radius 1 is 0.964 bits per heavy atom. The topological polar surface area (TPSA) is 102 Å². The SMILES string of the molecule is COc1ccc(S(=O)(=O)Nc2ccc(N3CCCCS3(=O)=O)cc2)cc1OC. The van der Waals surface area contributed by atoms with E-state index in [0.29, 0.717) is 35.8 Å². The largest absolute Gasteiger partial charge is 0.493 e. The summed E-state index contributed by atoms with van der Waals surface area (Å²) in [6.07, 6.45) is 1.45. The fourth-order valence-corrected chi connectivity index (χ4v) is 5.69. The van der Waals surface area contributed by atoms with Gasteiger partial charge in [-0.3, -0.25) is 9.03 Å². The molecule has 8 nitrogen and oxygen atoms in total. The molecule has 1 aliphatic heterocycles. The lowest BCUT2D eigenvalue weighted by Crippen LogP contribution is -2.37. The molecule has 1 fully saturated rings. The summed E-state index contributed by atoms with van der Waals surface area (Å²) in [7, 11) is -4.27. The summed E-state index contributed by atoms with van der Waals surface area (Å²) in [6.45, 7) is 0.430. The summed E-state index contributed by atoms with van der Waals surface area (Å²) >= 11 is 0. The first-order valence-electron chi connectivity index (χ1n) is 8.62. The first-order valence-corrected chi connectivity index (χ1v) is 11.7. The molecule has 1 N–H and O–H groups in total. The van der Waals surface area contributed by atoms with Crippen LogP contribution in [-0.4, -0.2) is 43.4 Å². The van der Waals surface area contributed by atoms with E-state index in [0.717, 1.165) is 6.42 Å². The number of sulfonamides is 2. The fraction of sp³-hybridized carbons (Fsp3) is 0.333. The highest BCUT2D eigenvalue weighted by molar-refractivity contribution is 7.93. The van der Waals surface area contributed by atoms with Gasteiger partial charge in [0.05, 0.1) is 30.6 Å². The van der Waals surface area contributed by atoms with Crippen molar-refractivity contribution in [1.82, 2.24) is 0 Å². The van der Waals surface area contributed by atoms with E-state index in [1.807, 2.05) is 0 Å². The van der Waals surface area contributed by atoms with Gasteiger partial charge in [-0.15, -0.1) is 0 Å². The van der Waals surface area contributed by atoms with Gasteiger partial charge in [-0.2, -0.15) is 0 Å². The van der Waals surface area contributed by atoms with Crippen LogP contribution in [-0.2, 0) is 20.0 Å². The quantitative estimate of drug-likeness (QED) is 0.761. The van der Waals surface area contributed by atoms with E-state index in [1.165, 1.54) is 48.9 Å². The van der Waals surface area contributed by atoms with Crippen LogP contribution in [0.1, 0.15) is 12.8 Å². The van der Waals surface area contributed by atoms with Gasteiger partial charge in [-0.25, -0.2) is 16.8 Å². The molecule has 0 aliphatic carbocycles. The molecular formula is C18H22N2O6S2. The monoisotopic (exact) mass is 426 g/mol. The lowest BCUT2D eigenvalue weighted by atomic mass is 10.2. The van der Waals surface area contributed by atoms with Gasteiger partial charge in [0, 0.05) is 18.3 Å². The second-order valence-corrected chi connectivity index (χ2v) is 9.96. The van der Waals surface area contributed by atoms with Crippen LogP contribution in [0.25, 0.3) is 0 Å². The zero-order chi connectivity index (χ0) is 20.4. The number of benzene rings is 2. The predicted octanol–water partition coefficient (Wildman–Crippen LogP) is 2.43. The van der Waals surface area contributed by atoms with Gasteiger partial charge in [-0.1, -0.05) is 0 Å². The lowest BCUT2D eigenvalue weighted by molar-refractivity contribution is 0.354. The molecule has 0 aromatic heterocycles. The Balaban J connectivity index is 1.81. The van der Waals surface area contributed by atoms with Crippen molar-refractivity contribution in [2.45, 2.75) is 17.7 Å². The van der Waals surface area contributed by atoms with Crippen molar-refractivity contribution >= 4 is 31.4 Å². The number of hydrogen-bond acceptors (Lipinski definition) is 6. The van der Waals surface area contributed by atoms with Crippen LogP contribution in [0, 0.1) is 0 Å². The standard InChI is InChI=1S/C18H22N2O6S2/c1-25-17-10-9-16(13-18(17)26-2)28(23,24)19-14-5-7-15(8-6-14)20-11-3-4-12-27(20,21)22/h5-10,13,19H,3-4,11-12H2,1-2H3. The van der Waals surface area contributed by atoms with Crippen LogP contribution in [0.5, 0.6) is 11.5 Å². The molecule has 2 aromatic rings. The van der Waals surface area contributed by atoms with Crippen molar-refractivity contribution < 1.29 is 26.3 Å². The Bertz CT molecular complexity index is 1050. The molecule has 0 spiro atoms. The molecule has 2 aromatic carbocycles. The van der Waals surface area contributed by atoms with Crippen LogP contribution in [0.2, 0.25) is 0 Å². The number of methoxy groups -OCH3 is 2. The van der Waals surface area contributed by atoms with E-state index in [1.54, 1.807) is 12.1 Å². The molecule has 1 heterocycles. The number of nitrogens with one attached hydrogen (secondary N) is 1. The predicted molar refractivity (Wildman–Crippen MR) is 107 cm³/mol. The minimum atomic E-state index is -3.85. The van der Waals surface area contributed by atoms with E-state index in [2.05, 4.69) is 4.72 Å². The van der Waals surface area contributed by atoms with Crippen molar-refractivity contribution in [3.8, 4) is 11.5 Å². The van der Waals surface area contributed by atoms with Crippen molar-refractivity contribution in [2.24, 2.45) is 0 Å². The third kappa shape index (κ3) is 4.17.